The molecule has 548 valence electrons. The maximum Gasteiger partial charge on any atom is 0.132 e. The average Bonchev–Trinajstić information content (AvgIpc) is 1.55. The van der Waals surface area contributed by atoms with Crippen LogP contribution in [0.3, 0.4) is 0 Å². The van der Waals surface area contributed by atoms with Gasteiger partial charge in [0.05, 0.1) is 5.41 Å². The third-order valence-corrected chi connectivity index (χ3v) is 25.4. The normalized spacial score (nSPS) is 16.1. The minimum Gasteiger partial charge on any atom is -0.484 e. The van der Waals surface area contributed by atoms with E-state index in [2.05, 4.69) is 437 Å². The molecule has 4 unspecified atom stereocenters. The summed E-state index contributed by atoms with van der Waals surface area (Å²) >= 11 is 0. The molecule has 0 fully saturated rings. The van der Waals surface area contributed by atoms with E-state index in [0.717, 1.165) is 33.8 Å². The summed E-state index contributed by atoms with van der Waals surface area (Å²) in [5.41, 5.74) is 29.0. The number of rotatable bonds is 10. The van der Waals surface area contributed by atoms with Crippen molar-refractivity contribution in [3.8, 4) is 112 Å². The average molecular weight is 1490 g/mol. The highest BCUT2D eigenvalue weighted by atomic mass is 16.5. The lowest BCUT2D eigenvalue weighted by molar-refractivity contribution is 0.269. The summed E-state index contributed by atoms with van der Waals surface area (Å²) in [5, 5.41) is 15.0. The van der Waals surface area contributed by atoms with Gasteiger partial charge in [-0.05, 0) is 224 Å². The number of allylic oxidation sites excluding steroid dienone is 4. The number of benzene rings is 19. The highest BCUT2D eigenvalue weighted by Crippen LogP contribution is 2.61. The quantitative estimate of drug-likeness (QED) is 0.127. The van der Waals surface area contributed by atoms with Crippen molar-refractivity contribution in [1.29, 1.82) is 0 Å². The van der Waals surface area contributed by atoms with E-state index >= 15 is 0 Å². The lowest BCUT2D eigenvalue weighted by Crippen LogP contribution is -2.28. The molecular formula is C115H76O2. The topological polar surface area (TPSA) is 18.5 Å². The zero-order valence-electron chi connectivity index (χ0n) is 64.2. The van der Waals surface area contributed by atoms with Crippen LogP contribution in [0.15, 0.2) is 437 Å². The highest BCUT2D eigenvalue weighted by molar-refractivity contribution is 6.24. The van der Waals surface area contributed by atoms with Crippen LogP contribution in [0.1, 0.15) is 45.2 Å². The van der Waals surface area contributed by atoms with Crippen molar-refractivity contribution in [2.75, 3.05) is 0 Å². The maximum absolute atomic E-state index is 7.18. The molecule has 4 atom stereocenters. The Labute approximate surface area is 680 Å². The molecule has 0 radical (unpaired) electrons. The molecule has 0 aromatic heterocycles. The molecule has 0 saturated carbocycles. The van der Waals surface area contributed by atoms with E-state index in [1.54, 1.807) is 0 Å². The van der Waals surface area contributed by atoms with Gasteiger partial charge in [0.15, 0.2) is 0 Å². The van der Waals surface area contributed by atoms with Crippen molar-refractivity contribution >= 4 is 64.6 Å². The van der Waals surface area contributed by atoms with Gasteiger partial charge in [-0.25, -0.2) is 0 Å². The Morgan fingerprint density at radius 3 is 0.983 bits per heavy atom. The molecule has 2 aliphatic heterocycles. The van der Waals surface area contributed by atoms with Crippen LogP contribution in [0.2, 0.25) is 0 Å². The Morgan fingerprint density at radius 2 is 0.530 bits per heavy atom. The standard InChI is InChI=1S/C61H40O.C54H36O/c1-3-19-43(20-4-1)61(44-21-5-2-6-22-44)54-29-15-13-23-46(54)47-34-33-41(38-55(47)61)45-35-36-53(59-52-28-14-16-30-56(52)62-60(45)59)58-50-26-11-9-24-48(50)57(49-25-10-12-27-51(49)58)42-32-31-39-17-7-8-18-40(39)37-42;1-3-15-35(16-4-1)40-32-41(36-17-5-2-6-18-36)34-42(33-40)43-29-30-49(53-48-25-13-14-26-50(48)55-54(43)53)52-46-23-11-9-21-44(46)51(45-22-10-12-24-47(45)52)39-28-27-37-19-7-8-20-38(37)31-39/h1-38,52,56H;1-34,48,50H. The number of hydrogen-bond acceptors (Lipinski definition) is 2. The Balaban J connectivity index is 0.000000139. The SMILES string of the molecule is C1=CC2Oc3c(-c4cc(-c5ccccc5)cc(-c5ccccc5)c4)ccc(-c4c5ccccc5c(-c5ccc6ccccc6c5)c5ccccc45)c3C2C=C1.C1=CC2Oc3c(-c4ccc5c(c4)C(c4ccccc4)(c4ccccc4)c4ccccc4-5)ccc(-c4c5ccccc5c(-c5ccc6ccccc6c5)c5ccccc45)c3C2C=C1. The van der Waals surface area contributed by atoms with E-state index in [-0.39, 0.29) is 24.0 Å². The Bertz CT molecular complexity index is 7180. The van der Waals surface area contributed by atoms with Crippen LogP contribution in [-0.4, -0.2) is 12.2 Å². The molecule has 0 N–H and O–H groups in total. The smallest absolute Gasteiger partial charge is 0.132 e. The zero-order chi connectivity index (χ0) is 77.1. The van der Waals surface area contributed by atoms with Crippen molar-refractivity contribution in [2.24, 2.45) is 0 Å². The molecule has 19 aromatic rings. The molecular weight excluding hydrogens is 1410 g/mol. The van der Waals surface area contributed by atoms with Gasteiger partial charge in [-0.2, -0.15) is 0 Å². The minimum absolute atomic E-state index is 0.0693. The van der Waals surface area contributed by atoms with Gasteiger partial charge in [-0.15, -0.1) is 0 Å². The lowest BCUT2D eigenvalue weighted by Gasteiger charge is -2.34. The Kier molecular flexibility index (Phi) is 16.2. The number of hydrogen-bond donors (Lipinski definition) is 0. The zero-order valence-corrected chi connectivity index (χ0v) is 64.2. The van der Waals surface area contributed by atoms with Gasteiger partial charge < -0.3 is 9.47 Å². The molecule has 2 nitrogen and oxygen atoms in total. The van der Waals surface area contributed by atoms with E-state index in [1.165, 1.54) is 176 Å². The van der Waals surface area contributed by atoms with Crippen LogP contribution in [-0.2, 0) is 5.41 Å². The van der Waals surface area contributed by atoms with Gasteiger partial charge in [-0.3, -0.25) is 0 Å². The molecule has 2 heterocycles. The molecule has 0 saturated heterocycles. The van der Waals surface area contributed by atoms with Crippen LogP contribution in [0.25, 0.3) is 165 Å². The first-order valence-corrected chi connectivity index (χ1v) is 40.9. The third kappa shape index (κ3) is 11.0. The van der Waals surface area contributed by atoms with Crippen LogP contribution in [0, 0.1) is 0 Å². The molecule has 24 rings (SSSR count). The molecule has 3 aliphatic carbocycles. The molecule has 0 amide bonds. The summed E-state index contributed by atoms with van der Waals surface area (Å²) in [4.78, 5) is 0. The molecule has 117 heavy (non-hydrogen) atoms. The van der Waals surface area contributed by atoms with Crippen molar-refractivity contribution < 1.29 is 9.47 Å². The van der Waals surface area contributed by atoms with E-state index in [1.807, 2.05) is 0 Å². The first-order chi connectivity index (χ1) is 58.1. The molecule has 0 spiro atoms. The predicted molar refractivity (Wildman–Crippen MR) is 490 cm³/mol. The predicted octanol–water partition coefficient (Wildman–Crippen LogP) is 29.9. The summed E-state index contributed by atoms with van der Waals surface area (Å²) in [6.07, 6.45) is 17.6. The molecule has 5 aliphatic rings. The third-order valence-electron chi connectivity index (χ3n) is 25.4. The van der Waals surface area contributed by atoms with Crippen molar-refractivity contribution in [2.45, 2.75) is 29.5 Å². The van der Waals surface area contributed by atoms with Gasteiger partial charge in [0.1, 0.15) is 23.7 Å². The van der Waals surface area contributed by atoms with Crippen LogP contribution in [0.4, 0.5) is 0 Å². The fraction of sp³-hybridized carbons (Fsp3) is 0.0435. The summed E-state index contributed by atoms with van der Waals surface area (Å²) in [6, 6.07) is 143. The minimum atomic E-state index is -0.488. The van der Waals surface area contributed by atoms with Crippen molar-refractivity contribution in [3.63, 3.8) is 0 Å². The Morgan fingerprint density at radius 1 is 0.197 bits per heavy atom. The van der Waals surface area contributed by atoms with Crippen LogP contribution in [0.5, 0.6) is 11.5 Å². The fourth-order valence-electron chi connectivity index (χ4n) is 20.3. The maximum atomic E-state index is 7.18. The highest BCUT2D eigenvalue weighted by Gasteiger charge is 2.47. The Hall–Kier alpha value is -14.7. The molecule has 19 aromatic carbocycles. The van der Waals surface area contributed by atoms with Gasteiger partial charge in [0.2, 0.25) is 0 Å². The van der Waals surface area contributed by atoms with Crippen LogP contribution >= 0.6 is 0 Å². The largest absolute Gasteiger partial charge is 0.484 e. The van der Waals surface area contributed by atoms with Gasteiger partial charge in [0, 0.05) is 34.1 Å². The number of ether oxygens (including phenoxy) is 2. The first-order valence-electron chi connectivity index (χ1n) is 40.9. The second kappa shape index (κ2) is 27.8. The van der Waals surface area contributed by atoms with E-state index in [4.69, 9.17) is 9.47 Å². The fourth-order valence-corrected chi connectivity index (χ4v) is 20.3. The first kappa shape index (κ1) is 67.9. The van der Waals surface area contributed by atoms with Gasteiger partial charge >= 0.3 is 0 Å². The molecule has 2 heteroatoms. The summed E-state index contributed by atoms with van der Waals surface area (Å²) in [5.74, 6) is 2.12. The summed E-state index contributed by atoms with van der Waals surface area (Å²) in [6.45, 7) is 0. The second-order valence-corrected chi connectivity index (χ2v) is 31.7. The van der Waals surface area contributed by atoms with Gasteiger partial charge in [0.25, 0.3) is 0 Å². The van der Waals surface area contributed by atoms with E-state index in [0.29, 0.717) is 0 Å². The van der Waals surface area contributed by atoms with Gasteiger partial charge in [-0.1, -0.05) is 388 Å². The monoisotopic (exact) mass is 1490 g/mol. The van der Waals surface area contributed by atoms with Crippen LogP contribution < -0.4 is 9.47 Å². The number of fused-ring (bicyclic) bond motifs is 15. The lowest BCUT2D eigenvalue weighted by atomic mass is 9.67. The summed E-state index contributed by atoms with van der Waals surface area (Å²) in [7, 11) is 0. The van der Waals surface area contributed by atoms with E-state index < -0.39 is 5.41 Å². The van der Waals surface area contributed by atoms with Crippen molar-refractivity contribution in [3.05, 3.63) is 470 Å². The second-order valence-electron chi connectivity index (χ2n) is 31.7. The van der Waals surface area contributed by atoms with E-state index in [9.17, 15) is 0 Å². The van der Waals surface area contributed by atoms with Crippen molar-refractivity contribution in [1.82, 2.24) is 0 Å². The summed E-state index contributed by atoms with van der Waals surface area (Å²) < 4.78 is 14.3. The molecule has 0 bridgehead atoms.